The van der Waals surface area contributed by atoms with E-state index in [1.165, 1.54) is 12.1 Å². The van der Waals surface area contributed by atoms with Gasteiger partial charge in [0.25, 0.3) is 5.91 Å². The molecule has 2 aliphatic rings. The van der Waals surface area contributed by atoms with Crippen LogP contribution in [0.3, 0.4) is 0 Å². The number of hydrogen-bond donors (Lipinski definition) is 3. The Morgan fingerprint density at radius 1 is 1.33 bits per heavy atom. The van der Waals surface area contributed by atoms with Gasteiger partial charge in [-0.25, -0.2) is 4.98 Å². The van der Waals surface area contributed by atoms with Crippen molar-refractivity contribution in [2.45, 2.75) is 25.3 Å². The lowest BCUT2D eigenvalue weighted by molar-refractivity contribution is -0.389. The molecule has 0 saturated heterocycles. The number of fused-ring (bicyclic) bond motifs is 2. The number of carboxylic acid groups (broad SMARTS) is 1. The van der Waals surface area contributed by atoms with Gasteiger partial charge in [-0.15, -0.1) is 0 Å². The van der Waals surface area contributed by atoms with Crippen molar-refractivity contribution in [3.05, 3.63) is 27.9 Å². The molecule has 1 aromatic rings. The summed E-state index contributed by atoms with van der Waals surface area (Å²) in [5.41, 5.74) is 0.0774. The number of nitrogens with zero attached hydrogens (tertiary/aromatic N) is 1. The molecule has 2 fully saturated rings. The minimum atomic E-state index is -0.884. The number of aromatic amines is 1. The van der Waals surface area contributed by atoms with Crippen molar-refractivity contribution in [3.63, 3.8) is 0 Å². The third-order valence-corrected chi connectivity index (χ3v) is 4.61. The van der Waals surface area contributed by atoms with E-state index in [0.717, 1.165) is 19.3 Å². The van der Waals surface area contributed by atoms with Gasteiger partial charge in [-0.05, 0) is 42.1 Å². The summed E-state index contributed by atoms with van der Waals surface area (Å²) >= 11 is 0. The van der Waals surface area contributed by atoms with Crippen molar-refractivity contribution in [1.29, 1.82) is 0 Å². The Bertz CT molecular complexity index is 611. The lowest BCUT2D eigenvalue weighted by atomic mass is 9.84. The summed E-state index contributed by atoms with van der Waals surface area (Å²) in [6.07, 6.45) is 2.64. The number of rotatable bonds is 4. The number of nitrogens with one attached hydrogen (secondary N) is 2. The zero-order valence-corrected chi connectivity index (χ0v) is 11.1. The van der Waals surface area contributed by atoms with E-state index >= 15 is 0 Å². The predicted octanol–water partition coefficient (Wildman–Crippen LogP) is 1.15. The number of nitro groups is 1. The Morgan fingerprint density at radius 3 is 2.67 bits per heavy atom. The van der Waals surface area contributed by atoms with E-state index in [9.17, 15) is 24.8 Å². The maximum Gasteiger partial charge on any atom is 0.321 e. The van der Waals surface area contributed by atoms with E-state index in [-0.39, 0.29) is 23.3 Å². The SMILES string of the molecule is O=C(NC1C2CCC(C2)C1C(=O)O)c1ccc([N+](=O)[O-])[nH]1. The van der Waals surface area contributed by atoms with Crippen LogP contribution in [0, 0.1) is 27.9 Å². The number of hydrogen-bond acceptors (Lipinski definition) is 4. The number of aromatic nitrogens is 1. The highest BCUT2D eigenvalue weighted by Gasteiger charge is 2.51. The van der Waals surface area contributed by atoms with E-state index in [2.05, 4.69) is 10.3 Å². The quantitative estimate of drug-likeness (QED) is 0.567. The second kappa shape index (κ2) is 4.87. The van der Waals surface area contributed by atoms with E-state index in [1.807, 2.05) is 0 Å². The van der Waals surface area contributed by atoms with Gasteiger partial charge in [0.1, 0.15) is 0 Å². The van der Waals surface area contributed by atoms with Crippen molar-refractivity contribution >= 4 is 17.7 Å². The van der Waals surface area contributed by atoms with Gasteiger partial charge in [0.15, 0.2) is 5.69 Å². The Morgan fingerprint density at radius 2 is 2.05 bits per heavy atom. The summed E-state index contributed by atoms with van der Waals surface area (Å²) < 4.78 is 0. The molecule has 0 aliphatic heterocycles. The average molecular weight is 293 g/mol. The predicted molar refractivity (Wildman–Crippen MR) is 70.7 cm³/mol. The number of H-pyrrole nitrogens is 1. The topological polar surface area (TPSA) is 125 Å². The Balaban J connectivity index is 1.74. The maximum absolute atomic E-state index is 12.1. The number of carboxylic acids is 1. The molecule has 112 valence electrons. The zero-order chi connectivity index (χ0) is 15.1. The van der Waals surface area contributed by atoms with Gasteiger partial charge in [0.05, 0.1) is 5.92 Å². The number of carbonyl (C=O) groups is 2. The van der Waals surface area contributed by atoms with E-state index in [4.69, 9.17) is 0 Å². The van der Waals surface area contributed by atoms with Gasteiger partial charge >= 0.3 is 11.8 Å². The largest absolute Gasteiger partial charge is 0.481 e. The second-order valence-electron chi connectivity index (χ2n) is 5.71. The van der Waals surface area contributed by atoms with Crippen molar-refractivity contribution in [3.8, 4) is 0 Å². The molecule has 0 aromatic carbocycles. The molecule has 2 bridgehead atoms. The van der Waals surface area contributed by atoms with Crippen LogP contribution >= 0.6 is 0 Å². The Kier molecular flexibility index (Phi) is 3.15. The molecule has 4 unspecified atom stereocenters. The highest BCUT2D eigenvalue weighted by Crippen LogP contribution is 2.48. The fourth-order valence-electron chi connectivity index (χ4n) is 3.71. The number of aliphatic carboxylic acids is 1. The van der Waals surface area contributed by atoms with Gasteiger partial charge in [-0.2, -0.15) is 0 Å². The Labute approximate surface area is 119 Å². The molecule has 2 aliphatic carbocycles. The normalized spacial score (nSPS) is 30.3. The zero-order valence-electron chi connectivity index (χ0n) is 11.1. The lowest BCUT2D eigenvalue weighted by Crippen LogP contribution is -2.46. The van der Waals surface area contributed by atoms with Crippen molar-refractivity contribution in [1.82, 2.24) is 10.3 Å². The molecule has 1 amide bonds. The minimum absolute atomic E-state index is 0.0774. The van der Waals surface area contributed by atoms with Crippen molar-refractivity contribution in [2.24, 2.45) is 17.8 Å². The smallest absolute Gasteiger partial charge is 0.321 e. The fraction of sp³-hybridized carbons (Fsp3) is 0.538. The molecule has 0 radical (unpaired) electrons. The van der Waals surface area contributed by atoms with Crippen LogP contribution in [0.15, 0.2) is 12.1 Å². The summed E-state index contributed by atoms with van der Waals surface area (Å²) in [6, 6.07) is 2.15. The molecule has 8 heteroatoms. The summed E-state index contributed by atoms with van der Waals surface area (Å²) in [4.78, 5) is 35.9. The third kappa shape index (κ3) is 2.26. The fourth-order valence-corrected chi connectivity index (χ4v) is 3.71. The highest BCUT2D eigenvalue weighted by molar-refractivity contribution is 5.93. The van der Waals surface area contributed by atoms with E-state index in [1.54, 1.807) is 0 Å². The van der Waals surface area contributed by atoms with Crippen LogP contribution < -0.4 is 5.32 Å². The van der Waals surface area contributed by atoms with Gasteiger partial charge in [-0.3, -0.25) is 9.59 Å². The van der Waals surface area contributed by atoms with E-state index < -0.39 is 28.8 Å². The van der Waals surface area contributed by atoms with Crippen LogP contribution in [-0.2, 0) is 4.79 Å². The molecule has 21 heavy (non-hydrogen) atoms. The molecule has 3 N–H and O–H groups in total. The van der Waals surface area contributed by atoms with E-state index in [0.29, 0.717) is 0 Å². The first-order chi connectivity index (χ1) is 9.97. The van der Waals surface area contributed by atoms with Crippen LogP contribution in [0.2, 0.25) is 0 Å². The molecule has 0 spiro atoms. The molecule has 4 atom stereocenters. The van der Waals surface area contributed by atoms with Gasteiger partial charge in [0, 0.05) is 12.1 Å². The van der Waals surface area contributed by atoms with Crippen molar-refractivity contribution in [2.75, 3.05) is 0 Å². The van der Waals surface area contributed by atoms with Crippen LogP contribution in [0.25, 0.3) is 0 Å². The van der Waals surface area contributed by atoms with Crippen molar-refractivity contribution < 1.29 is 19.6 Å². The summed E-state index contributed by atoms with van der Waals surface area (Å²) in [5, 5.41) is 22.6. The average Bonchev–Trinajstić information content (AvgIpc) is 3.13. The first-order valence-corrected chi connectivity index (χ1v) is 6.84. The number of amides is 1. The standard InChI is InChI=1S/C13H15N3O5/c17-12(8-3-4-9(14-8)16(20)21)15-11-7-2-1-6(5-7)10(11)13(18)19/h3-4,6-7,10-11,14H,1-2,5H2,(H,15,17)(H,18,19). The molecule has 1 heterocycles. The highest BCUT2D eigenvalue weighted by atomic mass is 16.6. The van der Waals surface area contributed by atoms with Crippen LogP contribution in [0.5, 0.6) is 0 Å². The summed E-state index contributed by atoms with van der Waals surface area (Å²) in [5.74, 6) is -1.89. The number of carbonyl (C=O) groups excluding carboxylic acids is 1. The molecule has 8 nitrogen and oxygen atoms in total. The van der Waals surface area contributed by atoms with Crippen LogP contribution in [-0.4, -0.2) is 32.9 Å². The maximum atomic E-state index is 12.1. The van der Waals surface area contributed by atoms with Gasteiger partial charge in [0.2, 0.25) is 0 Å². The third-order valence-electron chi connectivity index (χ3n) is 4.61. The van der Waals surface area contributed by atoms with Crippen LogP contribution in [0.4, 0.5) is 5.82 Å². The Hall–Kier alpha value is -2.38. The monoisotopic (exact) mass is 293 g/mol. The first kappa shape index (κ1) is 13.6. The second-order valence-corrected chi connectivity index (χ2v) is 5.71. The van der Waals surface area contributed by atoms with Gasteiger partial charge in [-0.1, -0.05) is 0 Å². The molecular formula is C13H15N3O5. The summed E-state index contributed by atoms with van der Waals surface area (Å²) in [6.45, 7) is 0. The summed E-state index contributed by atoms with van der Waals surface area (Å²) in [7, 11) is 0. The molecule has 3 rings (SSSR count). The van der Waals surface area contributed by atoms with Gasteiger partial charge < -0.3 is 20.5 Å². The molecular weight excluding hydrogens is 278 g/mol. The minimum Gasteiger partial charge on any atom is -0.481 e. The molecule has 1 aromatic heterocycles. The van der Waals surface area contributed by atoms with Crippen LogP contribution in [0.1, 0.15) is 29.8 Å². The lowest BCUT2D eigenvalue weighted by Gasteiger charge is -2.28. The molecule has 2 saturated carbocycles. The first-order valence-electron chi connectivity index (χ1n) is 6.84.